The van der Waals surface area contributed by atoms with E-state index in [4.69, 9.17) is 4.42 Å². The minimum Gasteiger partial charge on any atom is -0.459 e. The second-order valence-electron chi connectivity index (χ2n) is 7.15. The van der Waals surface area contributed by atoms with Crippen molar-refractivity contribution in [3.05, 3.63) is 71.0 Å². The number of carbonyl (C=O) groups excluding carboxylic acids is 1. The van der Waals surface area contributed by atoms with Gasteiger partial charge in [-0.25, -0.2) is 0 Å². The van der Waals surface area contributed by atoms with Gasteiger partial charge in [-0.1, -0.05) is 30.3 Å². The van der Waals surface area contributed by atoms with Gasteiger partial charge in [0.1, 0.15) is 11.3 Å². The number of para-hydroxylation sites is 1. The lowest BCUT2D eigenvalue weighted by Gasteiger charge is -2.13. The molecule has 0 aliphatic carbocycles. The van der Waals surface area contributed by atoms with E-state index in [2.05, 4.69) is 28.6 Å². The molecular weight excluding hydrogens is 364 g/mol. The number of aryl methyl sites for hydroxylation is 1. The molecule has 0 aliphatic heterocycles. The van der Waals surface area contributed by atoms with E-state index in [9.17, 15) is 4.79 Å². The van der Waals surface area contributed by atoms with Crippen LogP contribution in [0.3, 0.4) is 0 Å². The molecule has 1 heterocycles. The Morgan fingerprint density at radius 3 is 2.62 bits per heavy atom. The van der Waals surface area contributed by atoms with Crippen molar-refractivity contribution in [2.24, 2.45) is 4.99 Å². The third-order valence-corrected chi connectivity index (χ3v) is 4.87. The van der Waals surface area contributed by atoms with E-state index >= 15 is 0 Å². The molecule has 152 valence electrons. The zero-order valence-corrected chi connectivity index (χ0v) is 17.5. The van der Waals surface area contributed by atoms with Gasteiger partial charge in [0.2, 0.25) is 0 Å². The molecule has 0 saturated carbocycles. The number of guanidine groups is 1. The van der Waals surface area contributed by atoms with Crippen molar-refractivity contribution in [3.63, 3.8) is 0 Å². The molecule has 0 fully saturated rings. The van der Waals surface area contributed by atoms with E-state index < -0.39 is 0 Å². The monoisotopic (exact) mass is 392 g/mol. The van der Waals surface area contributed by atoms with Gasteiger partial charge in [-0.2, -0.15) is 0 Å². The van der Waals surface area contributed by atoms with Crippen LogP contribution in [0.2, 0.25) is 0 Å². The highest BCUT2D eigenvalue weighted by Crippen LogP contribution is 2.24. The maximum atomic E-state index is 12.1. The standard InChI is InChI=1S/C23H28N4O2/c1-16-19-10-5-6-11-20(19)29-21(16)15-26-23(24-2)25-13-12-17-8-7-9-18(14-17)22(28)27(3)4/h5-11,14H,12-13,15H2,1-4H3,(H2,24,25,26). The number of carbonyl (C=O) groups is 1. The van der Waals surface area contributed by atoms with E-state index in [-0.39, 0.29) is 5.91 Å². The number of furan rings is 1. The highest BCUT2D eigenvalue weighted by Gasteiger charge is 2.11. The molecule has 2 N–H and O–H groups in total. The molecule has 0 unspecified atom stereocenters. The van der Waals surface area contributed by atoms with Crippen LogP contribution in [0.25, 0.3) is 11.0 Å². The van der Waals surface area contributed by atoms with E-state index in [0.29, 0.717) is 24.6 Å². The number of hydrogen-bond acceptors (Lipinski definition) is 3. The van der Waals surface area contributed by atoms with Crippen molar-refractivity contribution < 1.29 is 9.21 Å². The third-order valence-electron chi connectivity index (χ3n) is 4.87. The first-order valence-corrected chi connectivity index (χ1v) is 9.71. The van der Waals surface area contributed by atoms with Crippen LogP contribution in [0.1, 0.15) is 27.2 Å². The fourth-order valence-electron chi connectivity index (χ4n) is 3.22. The van der Waals surface area contributed by atoms with Crippen LogP contribution in [-0.4, -0.2) is 44.5 Å². The van der Waals surface area contributed by atoms with E-state index in [1.54, 1.807) is 26.0 Å². The summed E-state index contributed by atoms with van der Waals surface area (Å²) < 4.78 is 5.94. The smallest absolute Gasteiger partial charge is 0.253 e. The van der Waals surface area contributed by atoms with Crippen LogP contribution < -0.4 is 10.6 Å². The Bertz CT molecular complexity index is 1020. The first kappa shape index (κ1) is 20.5. The summed E-state index contributed by atoms with van der Waals surface area (Å²) in [4.78, 5) is 18.0. The lowest BCUT2D eigenvalue weighted by molar-refractivity contribution is 0.0827. The zero-order valence-electron chi connectivity index (χ0n) is 17.5. The van der Waals surface area contributed by atoms with Crippen molar-refractivity contribution in [1.29, 1.82) is 0 Å². The van der Waals surface area contributed by atoms with Gasteiger partial charge >= 0.3 is 0 Å². The highest BCUT2D eigenvalue weighted by molar-refractivity contribution is 5.94. The summed E-state index contributed by atoms with van der Waals surface area (Å²) in [7, 11) is 5.27. The maximum absolute atomic E-state index is 12.1. The molecule has 2 aromatic carbocycles. The van der Waals surface area contributed by atoms with Crippen molar-refractivity contribution in [2.45, 2.75) is 19.9 Å². The van der Waals surface area contributed by atoms with Gasteiger partial charge in [-0.3, -0.25) is 9.79 Å². The summed E-state index contributed by atoms with van der Waals surface area (Å²) in [5.74, 6) is 1.63. The SMILES string of the molecule is CN=C(NCCc1cccc(C(=O)N(C)C)c1)NCc1oc2ccccc2c1C. The molecule has 29 heavy (non-hydrogen) atoms. The van der Waals surface area contributed by atoms with Crippen LogP contribution in [-0.2, 0) is 13.0 Å². The summed E-state index contributed by atoms with van der Waals surface area (Å²) in [6.45, 7) is 3.34. The van der Waals surface area contributed by atoms with Gasteiger partial charge in [0, 0.05) is 44.2 Å². The van der Waals surface area contributed by atoms with Gasteiger partial charge in [0.15, 0.2) is 5.96 Å². The maximum Gasteiger partial charge on any atom is 0.253 e. The lowest BCUT2D eigenvalue weighted by atomic mass is 10.1. The summed E-state index contributed by atoms with van der Waals surface area (Å²) >= 11 is 0. The van der Waals surface area contributed by atoms with Crippen molar-refractivity contribution in [1.82, 2.24) is 15.5 Å². The van der Waals surface area contributed by atoms with E-state index in [1.165, 1.54) is 0 Å². The van der Waals surface area contributed by atoms with E-state index in [0.717, 1.165) is 34.3 Å². The number of nitrogens with zero attached hydrogens (tertiary/aromatic N) is 2. The number of amides is 1. The van der Waals surface area contributed by atoms with Crippen LogP contribution in [0.15, 0.2) is 57.9 Å². The topological polar surface area (TPSA) is 69.9 Å². The van der Waals surface area contributed by atoms with Gasteiger partial charge < -0.3 is 20.0 Å². The summed E-state index contributed by atoms with van der Waals surface area (Å²) in [5, 5.41) is 7.76. The Kier molecular flexibility index (Phi) is 6.54. The Labute approximate surface area is 171 Å². The van der Waals surface area contributed by atoms with Crippen LogP contribution in [0, 0.1) is 6.92 Å². The fourth-order valence-corrected chi connectivity index (χ4v) is 3.22. The molecule has 0 aliphatic rings. The van der Waals surface area contributed by atoms with Crippen LogP contribution in [0.4, 0.5) is 0 Å². The second kappa shape index (κ2) is 9.28. The molecule has 6 nitrogen and oxygen atoms in total. The predicted octanol–water partition coefficient (Wildman–Crippen LogP) is 3.35. The molecule has 3 rings (SSSR count). The quantitative estimate of drug-likeness (QED) is 0.499. The van der Waals surface area contributed by atoms with Crippen LogP contribution >= 0.6 is 0 Å². The van der Waals surface area contributed by atoms with Gasteiger partial charge in [-0.15, -0.1) is 0 Å². The third kappa shape index (κ3) is 4.96. The van der Waals surface area contributed by atoms with Gasteiger partial charge in [0.25, 0.3) is 5.91 Å². The Balaban J connectivity index is 1.54. The van der Waals surface area contributed by atoms with Crippen LogP contribution in [0.5, 0.6) is 0 Å². The molecule has 0 spiro atoms. The first-order chi connectivity index (χ1) is 14.0. The number of benzene rings is 2. The molecule has 0 bridgehead atoms. The first-order valence-electron chi connectivity index (χ1n) is 9.71. The molecular formula is C23H28N4O2. The molecule has 0 atom stereocenters. The zero-order chi connectivity index (χ0) is 20.8. The van der Waals surface area contributed by atoms with Gasteiger partial charge in [0.05, 0.1) is 6.54 Å². The minimum atomic E-state index is 0.0125. The largest absolute Gasteiger partial charge is 0.459 e. The van der Waals surface area contributed by atoms with Gasteiger partial charge in [-0.05, 0) is 37.1 Å². The number of nitrogens with one attached hydrogen (secondary N) is 2. The average Bonchev–Trinajstić information content (AvgIpc) is 3.06. The summed E-state index contributed by atoms with van der Waals surface area (Å²) in [5.41, 5.74) is 3.85. The summed E-state index contributed by atoms with van der Waals surface area (Å²) in [6.07, 6.45) is 0.791. The number of hydrogen-bond donors (Lipinski definition) is 2. The highest BCUT2D eigenvalue weighted by atomic mass is 16.3. The Morgan fingerprint density at radius 2 is 1.90 bits per heavy atom. The predicted molar refractivity (Wildman–Crippen MR) is 117 cm³/mol. The lowest BCUT2D eigenvalue weighted by Crippen LogP contribution is -2.37. The number of rotatable bonds is 6. The normalized spacial score (nSPS) is 11.5. The minimum absolute atomic E-state index is 0.0125. The van der Waals surface area contributed by atoms with Crippen molar-refractivity contribution in [2.75, 3.05) is 27.7 Å². The molecule has 1 amide bonds. The Morgan fingerprint density at radius 1 is 1.10 bits per heavy atom. The van der Waals surface area contributed by atoms with Crippen molar-refractivity contribution in [3.8, 4) is 0 Å². The average molecular weight is 393 g/mol. The molecule has 3 aromatic rings. The molecule has 1 aromatic heterocycles. The Hall–Kier alpha value is -3.28. The fraction of sp³-hybridized carbons (Fsp3) is 0.304. The number of fused-ring (bicyclic) bond motifs is 1. The van der Waals surface area contributed by atoms with Crippen molar-refractivity contribution >= 4 is 22.8 Å². The number of aliphatic imine (C=N–C) groups is 1. The molecule has 0 radical (unpaired) electrons. The summed E-state index contributed by atoms with van der Waals surface area (Å²) in [6, 6.07) is 15.8. The van der Waals surface area contributed by atoms with E-state index in [1.807, 2.05) is 42.5 Å². The second-order valence-corrected chi connectivity index (χ2v) is 7.15. The molecule has 0 saturated heterocycles. The molecule has 6 heteroatoms.